The highest BCUT2D eigenvalue weighted by Crippen LogP contribution is 2.34. The Morgan fingerprint density at radius 2 is 1.32 bits per heavy atom. The van der Waals surface area contributed by atoms with Gasteiger partial charge in [0, 0.05) is 67.2 Å². The zero-order valence-electron chi connectivity index (χ0n) is 62.3. The van der Waals surface area contributed by atoms with Gasteiger partial charge in [0.25, 0.3) is 0 Å². The molecule has 2 heterocycles. The van der Waals surface area contributed by atoms with Crippen molar-refractivity contribution in [3.8, 4) is 5.75 Å². The van der Waals surface area contributed by atoms with E-state index in [-0.39, 0.29) is 78.8 Å². The van der Waals surface area contributed by atoms with Gasteiger partial charge in [0.05, 0.1) is 54.5 Å². The number of amides is 8. The van der Waals surface area contributed by atoms with E-state index in [0.717, 1.165) is 23.7 Å². The van der Waals surface area contributed by atoms with E-state index < -0.39 is 133 Å². The van der Waals surface area contributed by atoms with Crippen LogP contribution in [0.4, 0.5) is 10.5 Å². The number of rotatable bonds is 38. The summed E-state index contributed by atoms with van der Waals surface area (Å²) < 4.78 is 29.0. The molecule has 3 fully saturated rings. The highest BCUT2D eigenvalue weighted by atomic mass is 16.7. The lowest BCUT2D eigenvalue weighted by atomic mass is 9.88. The van der Waals surface area contributed by atoms with Crippen LogP contribution in [0, 0.1) is 29.6 Å². The van der Waals surface area contributed by atoms with Gasteiger partial charge in [-0.25, -0.2) is 9.59 Å². The van der Waals surface area contributed by atoms with Crippen LogP contribution >= 0.6 is 0 Å². The molecular weight excluding hydrogens is 1320 g/mol. The number of benzene rings is 2. The summed E-state index contributed by atoms with van der Waals surface area (Å²) in [5.74, 6) is -5.94. The van der Waals surface area contributed by atoms with E-state index in [2.05, 4.69) is 26.6 Å². The molecule has 0 radical (unpaired) electrons. The highest BCUT2D eigenvalue weighted by Gasteiger charge is 2.49. The Balaban J connectivity index is 1.20. The average Bonchev–Trinajstić information content (AvgIpc) is 1.11. The fraction of sp³-hybridized carbons (Fsp3) is 0.720. The topological polar surface area (TPSA) is 371 Å². The van der Waals surface area contributed by atoms with E-state index in [1.807, 2.05) is 32.0 Å². The lowest BCUT2D eigenvalue weighted by molar-refractivity contribution is -0.271. The Bertz CT molecular complexity index is 2970. The van der Waals surface area contributed by atoms with Crippen molar-refractivity contribution < 1.29 is 92.4 Å². The highest BCUT2D eigenvalue weighted by molar-refractivity contribution is 5.93. The number of aliphatic hydroxyl groups is 4. The maximum atomic E-state index is 14.9. The number of hydrogen-bond acceptors (Lipinski definition) is 18. The van der Waals surface area contributed by atoms with E-state index in [1.165, 1.54) is 109 Å². The number of likely N-dealkylation sites (N-methyl/N-ethyl adjacent to an activating group) is 2. The van der Waals surface area contributed by atoms with E-state index in [1.54, 1.807) is 65.6 Å². The molecule has 8 amide bonds. The van der Waals surface area contributed by atoms with Crippen molar-refractivity contribution in [3.05, 3.63) is 59.7 Å². The molecule has 1 saturated carbocycles. The summed E-state index contributed by atoms with van der Waals surface area (Å²) in [5.41, 5.74) is 0.810. The van der Waals surface area contributed by atoms with Gasteiger partial charge in [-0.1, -0.05) is 162 Å². The van der Waals surface area contributed by atoms with Crippen molar-refractivity contribution in [3.63, 3.8) is 0 Å². The Kier molecular flexibility index (Phi) is 36.4. The van der Waals surface area contributed by atoms with Crippen LogP contribution in [-0.4, -0.2) is 215 Å². The smallest absolute Gasteiger partial charge is 0.410 e. The van der Waals surface area contributed by atoms with Crippen molar-refractivity contribution in [2.24, 2.45) is 29.6 Å². The lowest BCUT2D eigenvalue weighted by Gasteiger charge is -2.41. The molecule has 10 N–H and O–H groups in total. The molecular formula is C75H120N8O19. The second-order valence-corrected chi connectivity index (χ2v) is 28.8. The van der Waals surface area contributed by atoms with Crippen LogP contribution in [0.3, 0.4) is 0 Å². The van der Waals surface area contributed by atoms with Gasteiger partial charge in [-0.05, 0) is 79.5 Å². The number of nitrogens with zero attached hydrogens (tertiary/aromatic N) is 3. The molecule has 102 heavy (non-hydrogen) atoms. The standard InChI is InChI=1S/C75H120N8O19/c1-13-47(6)63(56(98-11)43-60(87)83-41-27-33-54(83)68(99-12)48(7)70(92)78-49(8)64(88)52-31-22-19-23-32-52)81(9)72(94)61(45(2)3)80-71(93)62(46(4)5)82(10)75(97)100-44-51-36-37-55(101-74-67(91)65(89)66(90)69(102-74)73(95)96)53(42-51)79-59(86)38-40-77-58(85)35-26-34-57(84)76-39-25-24-30-50-28-20-17-15-14-16-18-21-29-50/h19,22-23,31-32,36-37,42,45-50,54,56,61-69,74,88-91H,13-18,20-21,24-30,33-35,38-41,43-44H2,1-12H3,(H,76,84)(H,77,85)(H,78,92)(H,79,86)(H,80,93)(H,95,96)/t47?,48?,49?,54?,56?,61?,62?,63?,64?,65-,66-,67+,68?,69-,74-/m0/s1. The summed E-state index contributed by atoms with van der Waals surface area (Å²) in [4.78, 5) is 127. The van der Waals surface area contributed by atoms with Crippen molar-refractivity contribution in [2.75, 3.05) is 53.3 Å². The van der Waals surface area contributed by atoms with Crippen molar-refractivity contribution in [2.45, 2.75) is 270 Å². The molecule has 0 aromatic heterocycles. The monoisotopic (exact) mass is 1440 g/mol. The van der Waals surface area contributed by atoms with Crippen molar-refractivity contribution in [1.82, 2.24) is 36.0 Å². The number of carboxylic acid groups (broad SMARTS) is 1. The molecule has 0 spiro atoms. The van der Waals surface area contributed by atoms with Crippen LogP contribution < -0.4 is 31.3 Å². The summed E-state index contributed by atoms with van der Waals surface area (Å²) in [6.45, 7) is 14.8. The fourth-order valence-electron chi connectivity index (χ4n) is 14.2. The molecule has 27 heteroatoms. The van der Waals surface area contributed by atoms with E-state index in [9.17, 15) is 68.7 Å². The Labute approximate surface area is 602 Å². The number of aliphatic hydroxyl groups excluding tert-OH is 4. The SMILES string of the molecule is CCC(C)C(C(CC(=O)N1CCCC1C(OC)C(C)C(=O)NC(C)C(O)c1ccccc1)OC)N(C)C(=O)C(NC(=O)C(C(C)C)N(C)C(=O)OCc1ccc(O[C@H]2O[C@H](C(=O)O)[C@@H](O)[C@H](O)[C@H]2O)c(NC(=O)CCNC(=O)CCCC(=O)NCCCCC2CCCCCCCCC2)c1)C(C)C. The molecule has 2 aromatic rings. The minimum absolute atomic E-state index is 0.0417. The largest absolute Gasteiger partial charge is 0.479 e. The molecule has 0 bridgehead atoms. The zero-order valence-corrected chi connectivity index (χ0v) is 62.3. The number of carbonyl (C=O) groups is 9. The van der Waals surface area contributed by atoms with Crippen LogP contribution in [0.1, 0.15) is 201 Å². The minimum atomic E-state index is -2.02. The van der Waals surface area contributed by atoms with Crippen LogP contribution in [0.15, 0.2) is 48.5 Å². The minimum Gasteiger partial charge on any atom is -0.479 e. The molecule has 2 aromatic carbocycles. The summed E-state index contributed by atoms with van der Waals surface area (Å²) in [5, 5.41) is 66.5. The first-order chi connectivity index (χ1) is 48.5. The van der Waals surface area contributed by atoms with Gasteiger partial charge in [0.2, 0.25) is 47.6 Å². The third-order valence-corrected chi connectivity index (χ3v) is 20.4. The molecule has 27 nitrogen and oxygen atoms in total. The molecule has 5 rings (SSSR count). The summed E-state index contributed by atoms with van der Waals surface area (Å²) in [7, 11) is 5.96. The van der Waals surface area contributed by atoms with E-state index in [4.69, 9.17) is 23.7 Å². The number of nitrogens with one attached hydrogen (secondary N) is 5. The number of unbranched alkanes of at least 4 members (excludes halogenated alkanes) is 1. The second kappa shape index (κ2) is 43.3. The summed E-state index contributed by atoms with van der Waals surface area (Å²) in [6, 6.07) is 9.02. The Morgan fingerprint density at radius 3 is 1.92 bits per heavy atom. The molecule has 15 atom stereocenters. The van der Waals surface area contributed by atoms with Crippen molar-refractivity contribution >= 4 is 59.1 Å². The predicted octanol–water partition coefficient (Wildman–Crippen LogP) is 6.89. The number of methoxy groups -OCH3 is 2. The second-order valence-electron chi connectivity index (χ2n) is 28.8. The van der Waals surface area contributed by atoms with Gasteiger partial charge in [-0.15, -0.1) is 0 Å². The van der Waals surface area contributed by atoms with Gasteiger partial charge in [-0.3, -0.25) is 38.5 Å². The van der Waals surface area contributed by atoms with Crippen LogP contribution in [0.5, 0.6) is 5.75 Å². The molecule has 3 aliphatic rings. The fourth-order valence-corrected chi connectivity index (χ4v) is 14.2. The number of hydrogen-bond donors (Lipinski definition) is 10. The maximum Gasteiger partial charge on any atom is 0.410 e. The van der Waals surface area contributed by atoms with Gasteiger partial charge in [0.15, 0.2) is 6.10 Å². The third-order valence-electron chi connectivity index (χ3n) is 20.4. The van der Waals surface area contributed by atoms with Crippen LogP contribution in [-0.2, 0) is 63.9 Å². The summed E-state index contributed by atoms with van der Waals surface area (Å²) >= 11 is 0. The molecule has 1 aliphatic carbocycles. The van der Waals surface area contributed by atoms with E-state index in [0.29, 0.717) is 44.3 Å². The molecule has 2 saturated heterocycles. The van der Waals surface area contributed by atoms with Gasteiger partial charge in [0.1, 0.15) is 42.8 Å². The zero-order chi connectivity index (χ0) is 75.3. The van der Waals surface area contributed by atoms with Crippen LogP contribution in [0.25, 0.3) is 0 Å². The number of carboxylic acids is 1. The lowest BCUT2D eigenvalue weighted by Crippen LogP contribution is -2.61. The average molecular weight is 1440 g/mol. The molecule has 2 aliphatic heterocycles. The van der Waals surface area contributed by atoms with Crippen LogP contribution in [0.2, 0.25) is 0 Å². The van der Waals surface area contributed by atoms with Gasteiger partial charge < -0.3 is 85.6 Å². The predicted molar refractivity (Wildman–Crippen MR) is 382 cm³/mol. The quantitative estimate of drug-likeness (QED) is 0.0306. The van der Waals surface area contributed by atoms with E-state index >= 15 is 0 Å². The molecule has 574 valence electrons. The number of carbonyl (C=O) groups excluding carboxylic acids is 8. The van der Waals surface area contributed by atoms with Gasteiger partial charge in [-0.2, -0.15) is 0 Å². The Hall–Kier alpha value is -7.01. The first-order valence-corrected chi connectivity index (χ1v) is 37.0. The first-order valence-electron chi connectivity index (χ1n) is 37.0. The number of ether oxygens (including phenoxy) is 5. The summed E-state index contributed by atoms with van der Waals surface area (Å²) in [6.07, 6.45) is 3.57. The van der Waals surface area contributed by atoms with Gasteiger partial charge >= 0.3 is 12.1 Å². The molecule has 10 unspecified atom stereocenters. The number of likely N-dealkylation sites (tertiary alicyclic amines) is 1. The normalized spacial score (nSPS) is 21.7. The van der Waals surface area contributed by atoms with Crippen molar-refractivity contribution in [1.29, 1.82) is 0 Å². The third kappa shape index (κ3) is 25.7. The number of anilines is 1. The Morgan fingerprint density at radius 1 is 0.686 bits per heavy atom. The number of aliphatic carboxylic acids is 1. The maximum absolute atomic E-state index is 14.9. The first kappa shape index (κ1) is 85.6.